The number of aryl methyl sites for hydroxylation is 1. The zero-order chi connectivity index (χ0) is 25.6. The van der Waals surface area contributed by atoms with Gasteiger partial charge in [0.1, 0.15) is 23.5 Å². The normalized spacial score (nSPS) is 13.1. The molecule has 0 unspecified atom stereocenters. The van der Waals surface area contributed by atoms with E-state index in [0.29, 0.717) is 35.2 Å². The standard InChI is InChI=1S/C24H19F5N6O/c1-30-22-21-20(31-11-32-22)14-3-2-4-19(14)35(21)13-6-8-17(16(26)10-13)33-23(36)34-18-9-12(24(27,28)29)5-7-15(18)25/h5-11H,2-4H2,1H3,(H,30,31,32)(H2,33,34,36). The molecule has 2 aromatic heterocycles. The van der Waals surface area contributed by atoms with Gasteiger partial charge in [0.2, 0.25) is 0 Å². The monoisotopic (exact) mass is 502 g/mol. The molecule has 0 saturated carbocycles. The van der Waals surface area contributed by atoms with Gasteiger partial charge in [-0.3, -0.25) is 0 Å². The highest BCUT2D eigenvalue weighted by atomic mass is 19.4. The van der Waals surface area contributed by atoms with Crippen LogP contribution in [-0.4, -0.2) is 27.6 Å². The Bertz CT molecular complexity index is 1500. The van der Waals surface area contributed by atoms with Gasteiger partial charge in [0.15, 0.2) is 5.82 Å². The highest BCUT2D eigenvalue weighted by molar-refractivity contribution is 6.00. The van der Waals surface area contributed by atoms with Crippen LogP contribution in [0.4, 0.5) is 43.9 Å². The van der Waals surface area contributed by atoms with Gasteiger partial charge in [0.25, 0.3) is 0 Å². The van der Waals surface area contributed by atoms with Gasteiger partial charge >= 0.3 is 12.2 Å². The van der Waals surface area contributed by atoms with Gasteiger partial charge in [0.05, 0.1) is 22.5 Å². The largest absolute Gasteiger partial charge is 0.416 e. The van der Waals surface area contributed by atoms with Crippen LogP contribution < -0.4 is 16.0 Å². The first-order valence-electron chi connectivity index (χ1n) is 11.0. The minimum absolute atomic E-state index is 0.234. The molecule has 1 aliphatic rings. The number of fused-ring (bicyclic) bond motifs is 3. The summed E-state index contributed by atoms with van der Waals surface area (Å²) in [6.45, 7) is 0. The fourth-order valence-corrected chi connectivity index (χ4v) is 4.46. The zero-order valence-corrected chi connectivity index (χ0v) is 18.8. The molecule has 0 saturated heterocycles. The first-order valence-corrected chi connectivity index (χ1v) is 11.0. The van der Waals surface area contributed by atoms with Crippen molar-refractivity contribution in [3.05, 3.63) is 71.2 Å². The minimum Gasteiger partial charge on any atom is -0.371 e. The second-order valence-corrected chi connectivity index (χ2v) is 8.22. The van der Waals surface area contributed by atoms with Gasteiger partial charge in [-0.1, -0.05) is 0 Å². The summed E-state index contributed by atoms with van der Waals surface area (Å²) < 4.78 is 69.6. The Morgan fingerprint density at radius 1 is 0.972 bits per heavy atom. The molecule has 0 aliphatic heterocycles. The van der Waals surface area contributed by atoms with Crippen molar-refractivity contribution in [1.82, 2.24) is 14.5 Å². The quantitative estimate of drug-likeness (QED) is 0.304. The molecule has 3 N–H and O–H groups in total. The molecule has 36 heavy (non-hydrogen) atoms. The van der Waals surface area contributed by atoms with E-state index in [2.05, 4.69) is 20.6 Å². The van der Waals surface area contributed by atoms with E-state index in [9.17, 15) is 22.4 Å². The smallest absolute Gasteiger partial charge is 0.371 e. The summed E-state index contributed by atoms with van der Waals surface area (Å²) in [5.74, 6) is -1.27. The Hall–Kier alpha value is -4.22. The van der Waals surface area contributed by atoms with Crippen molar-refractivity contribution >= 4 is 34.3 Å². The minimum atomic E-state index is -4.72. The predicted octanol–water partition coefficient (Wildman–Crippen LogP) is 5.89. The molecule has 2 amide bonds. The molecule has 0 bridgehead atoms. The number of nitrogens with zero attached hydrogens (tertiary/aromatic N) is 3. The van der Waals surface area contributed by atoms with E-state index in [1.807, 2.05) is 9.88 Å². The molecule has 5 rings (SSSR count). The Morgan fingerprint density at radius 2 is 1.75 bits per heavy atom. The molecule has 2 aromatic carbocycles. The topological polar surface area (TPSA) is 83.9 Å². The predicted molar refractivity (Wildman–Crippen MR) is 124 cm³/mol. The fraction of sp³-hybridized carbons (Fsp3) is 0.208. The molecular weight excluding hydrogens is 483 g/mol. The average Bonchev–Trinajstić information content (AvgIpc) is 3.42. The van der Waals surface area contributed by atoms with E-state index in [-0.39, 0.29) is 5.69 Å². The van der Waals surface area contributed by atoms with Crippen LogP contribution in [0, 0.1) is 11.6 Å². The van der Waals surface area contributed by atoms with Crippen molar-refractivity contribution in [3.63, 3.8) is 0 Å². The van der Waals surface area contributed by atoms with Gasteiger partial charge in [-0.25, -0.2) is 23.5 Å². The van der Waals surface area contributed by atoms with Crippen molar-refractivity contribution in [2.45, 2.75) is 25.4 Å². The molecule has 7 nitrogen and oxygen atoms in total. The number of hydrogen-bond acceptors (Lipinski definition) is 4. The van der Waals surface area contributed by atoms with E-state index in [1.165, 1.54) is 18.5 Å². The average molecular weight is 502 g/mol. The van der Waals surface area contributed by atoms with Crippen LogP contribution in [0.1, 0.15) is 23.2 Å². The third kappa shape index (κ3) is 4.08. The van der Waals surface area contributed by atoms with Crippen molar-refractivity contribution in [1.29, 1.82) is 0 Å². The van der Waals surface area contributed by atoms with Crippen molar-refractivity contribution in [2.75, 3.05) is 23.0 Å². The number of anilines is 3. The number of benzene rings is 2. The Balaban J connectivity index is 1.44. The van der Waals surface area contributed by atoms with E-state index >= 15 is 4.39 Å². The van der Waals surface area contributed by atoms with Crippen LogP contribution in [0.25, 0.3) is 16.7 Å². The van der Waals surface area contributed by atoms with Gasteiger partial charge in [-0.15, -0.1) is 0 Å². The van der Waals surface area contributed by atoms with Crippen LogP contribution in [0.5, 0.6) is 0 Å². The Morgan fingerprint density at radius 3 is 2.47 bits per heavy atom. The molecular formula is C24H19F5N6O. The summed E-state index contributed by atoms with van der Waals surface area (Å²) in [7, 11) is 1.73. The first-order chi connectivity index (χ1) is 17.2. The number of nitrogens with one attached hydrogen (secondary N) is 3. The molecule has 12 heteroatoms. The first kappa shape index (κ1) is 23.5. The molecule has 4 aromatic rings. The maximum atomic E-state index is 15.0. The van der Waals surface area contributed by atoms with Crippen LogP contribution in [0.15, 0.2) is 42.7 Å². The zero-order valence-electron chi connectivity index (χ0n) is 18.8. The lowest BCUT2D eigenvalue weighted by Gasteiger charge is -2.14. The fourth-order valence-electron chi connectivity index (χ4n) is 4.46. The SMILES string of the molecule is CNc1ncnc2c3c(n(-c4ccc(NC(=O)Nc5cc(C(F)(F)F)ccc5F)c(F)c4)c12)CCC3. The number of alkyl halides is 3. The van der Waals surface area contributed by atoms with Crippen LogP contribution in [0.2, 0.25) is 0 Å². The van der Waals surface area contributed by atoms with E-state index in [4.69, 9.17) is 0 Å². The molecule has 0 fully saturated rings. The third-order valence-corrected chi connectivity index (χ3v) is 6.03. The van der Waals surface area contributed by atoms with E-state index in [0.717, 1.165) is 36.0 Å². The van der Waals surface area contributed by atoms with Gasteiger partial charge in [0, 0.05) is 24.5 Å². The molecule has 186 valence electrons. The maximum absolute atomic E-state index is 15.0. The number of carbonyl (C=O) groups is 1. The highest BCUT2D eigenvalue weighted by Crippen LogP contribution is 2.37. The number of rotatable bonds is 4. The lowest BCUT2D eigenvalue weighted by atomic mass is 10.2. The Kier molecular flexibility index (Phi) is 5.73. The van der Waals surface area contributed by atoms with Gasteiger partial charge < -0.3 is 20.5 Å². The number of urea groups is 1. The van der Waals surface area contributed by atoms with Crippen molar-refractivity contribution in [2.24, 2.45) is 0 Å². The van der Waals surface area contributed by atoms with E-state index in [1.54, 1.807) is 13.1 Å². The lowest BCUT2D eigenvalue weighted by Crippen LogP contribution is -2.21. The summed E-state index contributed by atoms with van der Waals surface area (Å²) >= 11 is 0. The number of hydrogen-bond donors (Lipinski definition) is 3. The second kappa shape index (κ2) is 8.77. The number of halogens is 5. The van der Waals surface area contributed by atoms with Gasteiger partial charge in [-0.05, 0) is 55.2 Å². The highest BCUT2D eigenvalue weighted by Gasteiger charge is 2.31. The summed E-state index contributed by atoms with van der Waals surface area (Å²) in [5, 5.41) is 7.23. The molecule has 1 aliphatic carbocycles. The number of amides is 2. The number of aromatic nitrogens is 3. The van der Waals surface area contributed by atoms with E-state index < -0.39 is 35.1 Å². The summed E-state index contributed by atoms with van der Waals surface area (Å²) in [6, 6.07) is 4.66. The molecule has 0 atom stereocenters. The molecule has 0 radical (unpaired) electrons. The maximum Gasteiger partial charge on any atom is 0.416 e. The molecule has 2 heterocycles. The third-order valence-electron chi connectivity index (χ3n) is 6.03. The Labute approximate surface area is 201 Å². The van der Waals surface area contributed by atoms with Crippen molar-refractivity contribution in [3.8, 4) is 5.69 Å². The number of carbonyl (C=O) groups excluding carboxylic acids is 1. The van der Waals surface area contributed by atoms with Crippen LogP contribution in [-0.2, 0) is 19.0 Å². The summed E-state index contributed by atoms with van der Waals surface area (Å²) in [4.78, 5) is 21.0. The van der Waals surface area contributed by atoms with Crippen LogP contribution in [0.3, 0.4) is 0 Å². The molecule has 0 spiro atoms. The summed E-state index contributed by atoms with van der Waals surface area (Å²) in [5.41, 5.74) is 2.01. The summed E-state index contributed by atoms with van der Waals surface area (Å²) in [6.07, 6.45) is -0.692. The lowest BCUT2D eigenvalue weighted by molar-refractivity contribution is -0.137. The van der Waals surface area contributed by atoms with Crippen molar-refractivity contribution < 1.29 is 26.7 Å². The van der Waals surface area contributed by atoms with Crippen LogP contribution >= 0.6 is 0 Å². The van der Waals surface area contributed by atoms with Gasteiger partial charge in [-0.2, -0.15) is 13.2 Å². The second-order valence-electron chi connectivity index (χ2n) is 8.22.